The summed E-state index contributed by atoms with van der Waals surface area (Å²) >= 11 is 0. The highest BCUT2D eigenvalue weighted by Gasteiger charge is 2.88. The zero-order valence-electron chi connectivity index (χ0n) is 26.9. The van der Waals surface area contributed by atoms with Gasteiger partial charge in [0.25, 0.3) is 0 Å². The van der Waals surface area contributed by atoms with E-state index in [2.05, 4.69) is 41.2 Å². The maximum Gasteiger partial charge on any atom is 0.199 e. The van der Waals surface area contributed by atoms with Crippen molar-refractivity contribution < 1.29 is 39.4 Å². The van der Waals surface area contributed by atoms with Crippen LogP contribution in [-0.4, -0.2) is 81.8 Å². The van der Waals surface area contributed by atoms with Gasteiger partial charge in [-0.1, -0.05) is 41.2 Å². The molecule has 4 N–H and O–H groups in total. The molecule has 3 aliphatic heterocycles. The molecule has 0 radical (unpaired) electrons. The number of aliphatic hydroxyl groups is 4. The van der Waals surface area contributed by atoms with Gasteiger partial charge >= 0.3 is 0 Å². The molecule has 242 valence electrons. The molecule has 43 heavy (non-hydrogen) atoms. The molecule has 8 fully saturated rings. The third-order valence-electron chi connectivity index (χ3n) is 15.7. The minimum atomic E-state index is -1.27. The molecule has 3 heterocycles. The maximum atomic E-state index is 12.6. The van der Waals surface area contributed by atoms with Crippen molar-refractivity contribution >= 4 is 0 Å². The standard InChI is InChI=1S/C35H54O8/c1-17(2)26-20-14-18(3)27-31(6)12-13-34-16-33(34)11-10-23(41-28-25(38)24(37)19(36)15-40-28)30(4,5)21(33)8-9-22(34)32(31,7)29(39)35(27,42-20)43-26/h18-29,36-39H,1,8-16H2,2-7H3/t18-,19+,20-,21+,22+,23+,24+,25-,26+,27-,28+,29-,31-,32-,33-,34+,35+/m1/s1. The third kappa shape index (κ3) is 3.26. The summed E-state index contributed by atoms with van der Waals surface area (Å²) in [4.78, 5) is 0. The summed E-state index contributed by atoms with van der Waals surface area (Å²) in [5.74, 6) is 0.477. The summed E-state index contributed by atoms with van der Waals surface area (Å²) in [7, 11) is 0. The first-order valence-electron chi connectivity index (χ1n) is 17.1. The minimum Gasteiger partial charge on any atom is -0.388 e. The lowest BCUT2D eigenvalue weighted by atomic mass is 9.41. The second kappa shape index (κ2) is 8.85. The first-order valence-corrected chi connectivity index (χ1v) is 17.1. The second-order valence-electron chi connectivity index (χ2n) is 17.5. The highest BCUT2D eigenvalue weighted by molar-refractivity contribution is 5.34. The van der Waals surface area contributed by atoms with E-state index in [1.807, 2.05) is 6.92 Å². The molecule has 5 saturated carbocycles. The fourth-order valence-electron chi connectivity index (χ4n) is 13.8. The van der Waals surface area contributed by atoms with E-state index in [-0.39, 0.29) is 57.9 Å². The van der Waals surface area contributed by atoms with Crippen molar-refractivity contribution in [2.45, 2.75) is 148 Å². The van der Waals surface area contributed by atoms with Gasteiger partial charge < -0.3 is 39.4 Å². The van der Waals surface area contributed by atoms with Gasteiger partial charge in [-0.2, -0.15) is 0 Å². The summed E-state index contributed by atoms with van der Waals surface area (Å²) in [5, 5.41) is 43.4. The van der Waals surface area contributed by atoms with Crippen LogP contribution in [0.25, 0.3) is 0 Å². The Morgan fingerprint density at radius 2 is 1.58 bits per heavy atom. The van der Waals surface area contributed by atoms with Crippen LogP contribution in [0.5, 0.6) is 0 Å². The van der Waals surface area contributed by atoms with E-state index in [4.69, 9.17) is 18.9 Å². The fourth-order valence-corrected chi connectivity index (χ4v) is 13.8. The van der Waals surface area contributed by atoms with Crippen LogP contribution in [-0.2, 0) is 18.9 Å². The monoisotopic (exact) mass is 602 g/mol. The van der Waals surface area contributed by atoms with Crippen molar-refractivity contribution in [1.82, 2.24) is 0 Å². The topological polar surface area (TPSA) is 118 Å². The first kappa shape index (κ1) is 29.8. The van der Waals surface area contributed by atoms with Crippen molar-refractivity contribution in [3.8, 4) is 0 Å². The molecule has 5 aliphatic carbocycles. The average Bonchev–Trinajstić information content (AvgIpc) is 3.46. The number of aliphatic hydroxyl groups excluding tert-OH is 4. The molecular formula is C35H54O8. The largest absolute Gasteiger partial charge is 0.388 e. The summed E-state index contributed by atoms with van der Waals surface area (Å²) in [6.45, 7) is 18.1. The molecule has 17 atom stereocenters. The minimum absolute atomic E-state index is 0.0326. The summed E-state index contributed by atoms with van der Waals surface area (Å²) in [6.07, 6.45) is 2.97. The Hall–Kier alpha value is -0.580. The Kier molecular flexibility index (Phi) is 6.14. The highest BCUT2D eigenvalue weighted by atomic mass is 16.8. The molecule has 3 saturated heterocycles. The molecule has 2 bridgehead atoms. The van der Waals surface area contributed by atoms with Gasteiger partial charge in [0.1, 0.15) is 30.5 Å². The number of fused-ring (bicyclic) bond motifs is 4. The van der Waals surface area contributed by atoms with Crippen molar-refractivity contribution in [2.24, 2.45) is 50.7 Å². The van der Waals surface area contributed by atoms with Gasteiger partial charge in [0.05, 0.1) is 18.8 Å². The van der Waals surface area contributed by atoms with Crippen LogP contribution in [0.15, 0.2) is 12.2 Å². The zero-order valence-corrected chi connectivity index (χ0v) is 26.9. The summed E-state index contributed by atoms with van der Waals surface area (Å²) in [5.41, 5.74) is 0.877. The number of hydrogen-bond acceptors (Lipinski definition) is 8. The van der Waals surface area contributed by atoms with Crippen LogP contribution < -0.4 is 0 Å². The third-order valence-corrected chi connectivity index (χ3v) is 15.7. The van der Waals surface area contributed by atoms with Crippen LogP contribution >= 0.6 is 0 Å². The van der Waals surface area contributed by atoms with Crippen LogP contribution in [0.1, 0.15) is 92.9 Å². The molecule has 0 aromatic rings. The van der Waals surface area contributed by atoms with Crippen LogP contribution in [0, 0.1) is 50.7 Å². The molecule has 0 aromatic carbocycles. The molecule has 3 spiro atoms. The molecule has 0 unspecified atom stereocenters. The van der Waals surface area contributed by atoms with E-state index < -0.39 is 36.5 Å². The Morgan fingerprint density at radius 1 is 0.884 bits per heavy atom. The van der Waals surface area contributed by atoms with Crippen molar-refractivity contribution in [3.63, 3.8) is 0 Å². The molecule has 8 heteroatoms. The Labute approximate surface area is 256 Å². The van der Waals surface area contributed by atoms with Crippen LogP contribution in [0.2, 0.25) is 0 Å². The SMILES string of the molecule is C=C(C)[C@@H]1O[C@@]23O[C@@H]1C[C@@H](C)[C@@H]2[C@@]1(C)CC[C@@]24C[C@@]25CC[C@H](O[C@@H]2OC[C@H](O)[C@H](O)[C@H]2O)C(C)(C)[C@@H]5CC[C@H]4[C@]1(C)[C@H]3O. The maximum absolute atomic E-state index is 12.6. The predicted molar refractivity (Wildman–Crippen MR) is 157 cm³/mol. The van der Waals surface area contributed by atoms with Gasteiger partial charge in [-0.15, -0.1) is 0 Å². The van der Waals surface area contributed by atoms with Crippen LogP contribution in [0.3, 0.4) is 0 Å². The van der Waals surface area contributed by atoms with Crippen LogP contribution in [0.4, 0.5) is 0 Å². The normalized spacial score (nSPS) is 62.8. The lowest BCUT2D eigenvalue weighted by Crippen LogP contribution is -2.61. The van der Waals surface area contributed by atoms with E-state index in [0.29, 0.717) is 17.8 Å². The van der Waals surface area contributed by atoms with Gasteiger partial charge in [-0.25, -0.2) is 0 Å². The van der Waals surface area contributed by atoms with E-state index >= 15 is 0 Å². The lowest BCUT2D eigenvalue weighted by Gasteiger charge is -2.63. The molecule has 8 aliphatic rings. The summed E-state index contributed by atoms with van der Waals surface area (Å²) < 4.78 is 25.9. The summed E-state index contributed by atoms with van der Waals surface area (Å²) in [6, 6.07) is 0. The molecule has 8 nitrogen and oxygen atoms in total. The van der Waals surface area contributed by atoms with Gasteiger partial charge in [0, 0.05) is 11.3 Å². The predicted octanol–water partition coefficient (Wildman–Crippen LogP) is 3.93. The second-order valence-corrected chi connectivity index (χ2v) is 17.5. The molecule has 8 rings (SSSR count). The van der Waals surface area contributed by atoms with Gasteiger partial charge in [-0.3, -0.25) is 0 Å². The first-order chi connectivity index (χ1) is 20.1. The Balaban J connectivity index is 1.10. The fraction of sp³-hybridized carbons (Fsp3) is 0.943. The van der Waals surface area contributed by atoms with Crippen molar-refractivity contribution in [2.75, 3.05) is 6.61 Å². The number of ether oxygens (including phenoxy) is 4. The lowest BCUT2D eigenvalue weighted by molar-refractivity contribution is -0.303. The average molecular weight is 603 g/mol. The van der Waals surface area contributed by atoms with Gasteiger partial charge in [0.15, 0.2) is 12.1 Å². The van der Waals surface area contributed by atoms with E-state index in [9.17, 15) is 20.4 Å². The molecule has 0 amide bonds. The van der Waals surface area contributed by atoms with E-state index in [1.165, 1.54) is 12.8 Å². The Morgan fingerprint density at radius 3 is 2.30 bits per heavy atom. The Bertz CT molecular complexity index is 1210. The smallest absolute Gasteiger partial charge is 0.199 e. The zero-order chi connectivity index (χ0) is 30.7. The van der Waals surface area contributed by atoms with Crippen molar-refractivity contribution in [3.05, 3.63) is 12.2 Å². The van der Waals surface area contributed by atoms with Gasteiger partial charge in [-0.05, 0) is 103 Å². The van der Waals surface area contributed by atoms with Crippen molar-refractivity contribution in [1.29, 1.82) is 0 Å². The number of rotatable bonds is 3. The van der Waals surface area contributed by atoms with E-state index in [0.717, 1.165) is 44.1 Å². The van der Waals surface area contributed by atoms with Gasteiger partial charge in [0.2, 0.25) is 0 Å². The molecule has 0 aromatic heterocycles. The quantitative estimate of drug-likeness (QED) is 0.284. The number of hydrogen-bond donors (Lipinski definition) is 4. The highest BCUT2D eigenvalue weighted by Crippen LogP contribution is 2.90. The molecular weight excluding hydrogens is 548 g/mol. The van der Waals surface area contributed by atoms with E-state index in [1.54, 1.807) is 0 Å².